The number of halogens is 1. The summed E-state index contributed by atoms with van der Waals surface area (Å²) < 4.78 is 13.7. The van der Waals surface area contributed by atoms with Crippen LogP contribution in [0.3, 0.4) is 0 Å². The van der Waals surface area contributed by atoms with Gasteiger partial charge in [-0.15, -0.1) is 0 Å². The quantitative estimate of drug-likeness (QED) is 0.359. The highest BCUT2D eigenvalue weighted by Gasteiger charge is 2.34. The molecule has 162 valence electrons. The molecular weight excluding hydrogens is 405 g/mol. The molecule has 1 aliphatic carbocycles. The minimum Gasteiger partial charge on any atom is -0.390 e. The van der Waals surface area contributed by atoms with Gasteiger partial charge >= 0.3 is 0 Å². The van der Waals surface area contributed by atoms with Crippen molar-refractivity contribution in [1.29, 1.82) is 5.26 Å². The fraction of sp³-hybridized carbons (Fsp3) is 0.400. The molecule has 4 atom stereocenters. The zero-order valence-corrected chi connectivity index (χ0v) is 16.7. The number of fused-ring (bicyclic) bond motifs is 1. The monoisotopic (exact) mass is 427 g/mol. The summed E-state index contributed by atoms with van der Waals surface area (Å²) in [6, 6.07) is 5.48. The van der Waals surface area contributed by atoms with Crippen LogP contribution < -0.4 is 5.32 Å². The normalized spacial score (nSPS) is 22.0. The van der Waals surface area contributed by atoms with Crippen molar-refractivity contribution < 1.29 is 19.7 Å². The van der Waals surface area contributed by atoms with Crippen LogP contribution in [0, 0.1) is 17.1 Å². The van der Waals surface area contributed by atoms with Crippen LogP contribution in [0.5, 0.6) is 0 Å². The van der Waals surface area contributed by atoms with Crippen LogP contribution in [-0.2, 0) is 6.54 Å². The Morgan fingerprint density at radius 3 is 2.87 bits per heavy atom. The lowest BCUT2D eigenvalue weighted by atomic mass is 10.1. The highest BCUT2D eigenvalue weighted by molar-refractivity contribution is 5.89. The SMILES string of the molecule is CN(Cc1cc(F)ccc1C#N)C(O)c1n[nH]c2ncnc(N[C@@H]3CC[C@@H](O)[C@H]3O)c12. The van der Waals surface area contributed by atoms with E-state index in [1.807, 2.05) is 6.07 Å². The van der Waals surface area contributed by atoms with Crippen molar-refractivity contribution >= 4 is 16.9 Å². The number of H-pyrrole nitrogens is 1. The van der Waals surface area contributed by atoms with Gasteiger partial charge in [-0.3, -0.25) is 10.00 Å². The summed E-state index contributed by atoms with van der Waals surface area (Å²) in [6.07, 6.45) is -0.617. The van der Waals surface area contributed by atoms with E-state index in [1.165, 1.54) is 29.4 Å². The van der Waals surface area contributed by atoms with Crippen molar-refractivity contribution in [3.8, 4) is 6.07 Å². The van der Waals surface area contributed by atoms with Crippen LogP contribution >= 0.6 is 0 Å². The van der Waals surface area contributed by atoms with Gasteiger partial charge in [0.1, 0.15) is 23.7 Å². The van der Waals surface area contributed by atoms with E-state index in [-0.39, 0.29) is 12.2 Å². The number of rotatable bonds is 6. The van der Waals surface area contributed by atoms with Crippen molar-refractivity contribution in [2.75, 3.05) is 12.4 Å². The van der Waals surface area contributed by atoms with Gasteiger partial charge in [0.15, 0.2) is 11.9 Å². The van der Waals surface area contributed by atoms with E-state index < -0.39 is 30.3 Å². The van der Waals surface area contributed by atoms with Crippen molar-refractivity contribution in [3.63, 3.8) is 0 Å². The van der Waals surface area contributed by atoms with Gasteiger partial charge in [0.25, 0.3) is 0 Å². The molecule has 3 aromatic rings. The Labute approximate surface area is 177 Å². The second-order valence-electron chi connectivity index (χ2n) is 7.64. The second kappa shape index (κ2) is 8.52. The molecule has 0 bridgehead atoms. The third-order valence-electron chi connectivity index (χ3n) is 5.56. The Morgan fingerprint density at radius 1 is 1.35 bits per heavy atom. The lowest BCUT2D eigenvalue weighted by Gasteiger charge is -2.23. The molecule has 1 fully saturated rings. The minimum atomic E-state index is -1.21. The van der Waals surface area contributed by atoms with Gasteiger partial charge in [-0.1, -0.05) is 0 Å². The molecule has 5 N–H and O–H groups in total. The number of benzene rings is 1. The zero-order chi connectivity index (χ0) is 22.1. The van der Waals surface area contributed by atoms with E-state index >= 15 is 0 Å². The standard InChI is InChI=1S/C20H22FN7O3/c1-28(8-11-6-12(21)3-2-10(11)7-22)20(31)16-15-18(23-9-24-19(15)27-26-16)25-13-4-5-14(29)17(13)30/h2-3,6,9,13-14,17,20,29-31H,4-5,8H2,1H3,(H2,23,24,25,26,27)/t13-,14-,17+,20?/m1/s1. The van der Waals surface area contributed by atoms with Crippen LogP contribution in [0.2, 0.25) is 0 Å². The molecule has 4 rings (SSSR count). The van der Waals surface area contributed by atoms with Crippen molar-refractivity contribution in [2.24, 2.45) is 0 Å². The number of hydrogen-bond donors (Lipinski definition) is 5. The smallest absolute Gasteiger partial charge is 0.161 e. The van der Waals surface area contributed by atoms with Gasteiger partial charge in [0.05, 0.1) is 35.3 Å². The third kappa shape index (κ3) is 4.06. The van der Waals surface area contributed by atoms with Gasteiger partial charge in [-0.05, 0) is 43.7 Å². The maximum absolute atomic E-state index is 13.7. The molecule has 1 aromatic carbocycles. The number of anilines is 1. The molecule has 0 aliphatic heterocycles. The van der Waals surface area contributed by atoms with Crippen molar-refractivity contribution in [2.45, 2.75) is 43.9 Å². The highest BCUT2D eigenvalue weighted by atomic mass is 19.1. The molecule has 0 amide bonds. The number of aromatic nitrogens is 4. The van der Waals surface area contributed by atoms with E-state index in [0.29, 0.717) is 40.8 Å². The maximum Gasteiger partial charge on any atom is 0.161 e. The average molecular weight is 427 g/mol. The Bertz CT molecular complexity index is 1130. The van der Waals surface area contributed by atoms with Crippen LogP contribution in [-0.4, -0.2) is 65.7 Å². The Morgan fingerprint density at radius 2 is 2.16 bits per heavy atom. The average Bonchev–Trinajstić information content (AvgIpc) is 3.33. The summed E-state index contributed by atoms with van der Waals surface area (Å²) in [4.78, 5) is 9.87. The topological polar surface area (TPSA) is 154 Å². The first-order valence-electron chi connectivity index (χ1n) is 9.77. The second-order valence-corrected chi connectivity index (χ2v) is 7.64. The minimum absolute atomic E-state index is 0.0974. The lowest BCUT2D eigenvalue weighted by Crippen LogP contribution is -2.34. The number of nitriles is 1. The molecule has 0 saturated heterocycles. The Hall–Kier alpha value is -3.17. The van der Waals surface area contributed by atoms with Gasteiger partial charge in [-0.2, -0.15) is 10.4 Å². The summed E-state index contributed by atoms with van der Waals surface area (Å²) in [5, 5.41) is 50.6. The predicted octanol–water partition coefficient (Wildman–Crippen LogP) is 0.783. The van der Waals surface area contributed by atoms with Crippen LogP contribution in [0.25, 0.3) is 11.0 Å². The highest BCUT2D eigenvalue weighted by Crippen LogP contribution is 2.31. The van der Waals surface area contributed by atoms with Gasteiger partial charge < -0.3 is 20.6 Å². The third-order valence-corrected chi connectivity index (χ3v) is 5.56. The van der Waals surface area contributed by atoms with Crippen LogP contribution in [0.15, 0.2) is 24.5 Å². The molecule has 2 aromatic heterocycles. The fourth-order valence-electron chi connectivity index (χ4n) is 3.84. The summed E-state index contributed by atoms with van der Waals surface area (Å²) in [7, 11) is 1.62. The Kier molecular flexibility index (Phi) is 5.79. The molecule has 1 unspecified atom stereocenters. The number of nitrogens with one attached hydrogen (secondary N) is 2. The van der Waals surface area contributed by atoms with E-state index in [4.69, 9.17) is 0 Å². The van der Waals surface area contributed by atoms with E-state index in [0.717, 1.165) is 0 Å². The number of aliphatic hydroxyl groups is 3. The number of hydrogen-bond acceptors (Lipinski definition) is 9. The molecule has 1 aliphatic rings. The van der Waals surface area contributed by atoms with Crippen molar-refractivity contribution in [1.82, 2.24) is 25.1 Å². The van der Waals surface area contributed by atoms with Gasteiger partial charge in [-0.25, -0.2) is 14.4 Å². The largest absolute Gasteiger partial charge is 0.390 e. The summed E-state index contributed by atoms with van der Waals surface area (Å²) >= 11 is 0. The van der Waals surface area contributed by atoms with Crippen molar-refractivity contribution in [3.05, 3.63) is 47.2 Å². The lowest BCUT2D eigenvalue weighted by molar-refractivity contribution is 0.0127. The number of aromatic amines is 1. The maximum atomic E-state index is 13.7. The van der Waals surface area contributed by atoms with E-state index in [1.54, 1.807) is 7.05 Å². The van der Waals surface area contributed by atoms with E-state index in [9.17, 15) is 25.0 Å². The molecule has 10 nitrogen and oxygen atoms in total. The summed E-state index contributed by atoms with van der Waals surface area (Å²) in [5.74, 6) is -0.109. The Balaban J connectivity index is 1.62. The predicted molar refractivity (Wildman–Crippen MR) is 108 cm³/mol. The molecule has 2 heterocycles. The summed E-state index contributed by atoms with van der Waals surface area (Å²) in [5.41, 5.74) is 1.37. The first-order valence-corrected chi connectivity index (χ1v) is 9.77. The molecule has 31 heavy (non-hydrogen) atoms. The fourth-order valence-corrected chi connectivity index (χ4v) is 3.84. The van der Waals surface area contributed by atoms with Gasteiger partial charge in [0, 0.05) is 6.54 Å². The number of aliphatic hydroxyl groups excluding tert-OH is 3. The molecule has 0 spiro atoms. The van der Waals surface area contributed by atoms with Crippen LogP contribution in [0.4, 0.5) is 10.2 Å². The first-order chi connectivity index (χ1) is 14.9. The van der Waals surface area contributed by atoms with Gasteiger partial charge in [0.2, 0.25) is 0 Å². The van der Waals surface area contributed by atoms with Crippen LogP contribution in [0.1, 0.15) is 35.9 Å². The van der Waals surface area contributed by atoms with E-state index in [2.05, 4.69) is 25.5 Å². The number of nitrogens with zero attached hydrogens (tertiary/aromatic N) is 5. The zero-order valence-electron chi connectivity index (χ0n) is 16.7. The molecule has 0 radical (unpaired) electrons. The summed E-state index contributed by atoms with van der Waals surface area (Å²) in [6.45, 7) is 0.0974. The molecule has 1 saturated carbocycles. The first kappa shape index (κ1) is 21.1. The molecule has 11 heteroatoms. The molecular formula is C20H22FN7O3.